The van der Waals surface area contributed by atoms with E-state index in [0.29, 0.717) is 37.0 Å². The highest BCUT2D eigenvalue weighted by atomic mass is 19.1. The Labute approximate surface area is 154 Å². The highest BCUT2D eigenvalue weighted by Crippen LogP contribution is 2.14. The summed E-state index contributed by atoms with van der Waals surface area (Å²) < 4.78 is 37.5. The van der Waals surface area contributed by atoms with E-state index in [4.69, 9.17) is 9.47 Å². The summed E-state index contributed by atoms with van der Waals surface area (Å²) in [6.07, 6.45) is 3.52. The summed E-state index contributed by atoms with van der Waals surface area (Å²) in [5.41, 5.74) is 0.482. The van der Waals surface area contributed by atoms with Gasteiger partial charge in [0, 0.05) is 52.6 Å². The first-order valence-corrected chi connectivity index (χ1v) is 9.23. The summed E-state index contributed by atoms with van der Waals surface area (Å²) >= 11 is 0. The lowest BCUT2D eigenvalue weighted by atomic mass is 10.0. The Bertz CT molecular complexity index is 564. The van der Waals surface area contributed by atoms with Crippen LogP contribution in [0.3, 0.4) is 0 Å². The Morgan fingerprint density at radius 3 is 2.73 bits per heavy atom. The normalized spacial score (nSPS) is 15.9. The molecular weight excluding hydrogens is 340 g/mol. The van der Waals surface area contributed by atoms with E-state index in [1.54, 1.807) is 7.05 Å². The van der Waals surface area contributed by atoms with Crippen LogP contribution < -0.4 is 10.6 Å². The van der Waals surface area contributed by atoms with Crippen molar-refractivity contribution in [2.24, 2.45) is 10.9 Å². The molecule has 26 heavy (non-hydrogen) atoms. The Balaban J connectivity index is 1.53. The Morgan fingerprint density at radius 1 is 1.23 bits per heavy atom. The maximum absolute atomic E-state index is 13.6. The van der Waals surface area contributed by atoms with Crippen LogP contribution in [-0.2, 0) is 15.9 Å². The molecule has 7 heteroatoms. The van der Waals surface area contributed by atoms with Gasteiger partial charge in [0.2, 0.25) is 0 Å². The minimum absolute atomic E-state index is 0.459. The van der Waals surface area contributed by atoms with Crippen LogP contribution >= 0.6 is 0 Å². The summed E-state index contributed by atoms with van der Waals surface area (Å²) in [7, 11) is 1.69. The summed E-state index contributed by atoms with van der Waals surface area (Å²) in [6.45, 7) is 4.47. The van der Waals surface area contributed by atoms with Crippen LogP contribution in [-0.4, -0.2) is 52.5 Å². The lowest BCUT2D eigenvalue weighted by molar-refractivity contribution is 0.0203. The fraction of sp³-hybridized carbons (Fsp3) is 0.632. The molecule has 146 valence electrons. The third kappa shape index (κ3) is 7.66. The smallest absolute Gasteiger partial charge is 0.190 e. The van der Waals surface area contributed by atoms with Crippen molar-refractivity contribution in [3.63, 3.8) is 0 Å². The first-order valence-electron chi connectivity index (χ1n) is 9.23. The van der Waals surface area contributed by atoms with E-state index < -0.39 is 11.6 Å². The van der Waals surface area contributed by atoms with E-state index in [1.165, 1.54) is 12.1 Å². The molecule has 0 atom stereocenters. The van der Waals surface area contributed by atoms with Crippen molar-refractivity contribution < 1.29 is 18.3 Å². The van der Waals surface area contributed by atoms with Gasteiger partial charge in [0.15, 0.2) is 5.96 Å². The minimum atomic E-state index is -0.560. The van der Waals surface area contributed by atoms with Gasteiger partial charge in [-0.3, -0.25) is 4.99 Å². The molecule has 5 nitrogen and oxygen atoms in total. The predicted octanol–water partition coefficient (Wildman–Crippen LogP) is 2.51. The molecule has 1 aliphatic heterocycles. The lowest BCUT2D eigenvalue weighted by Crippen LogP contribution is -2.39. The highest BCUT2D eigenvalue weighted by Gasteiger charge is 2.13. The van der Waals surface area contributed by atoms with Crippen LogP contribution in [0.2, 0.25) is 0 Å². The molecule has 0 bridgehead atoms. The standard InChI is InChI=1S/C19H29F2N3O2/c1-22-19(24-9-5-16-3-4-17(20)13-18(16)21)23-8-2-10-26-14-15-6-11-25-12-7-15/h3-4,13,15H,2,5-12,14H2,1H3,(H2,22,23,24). The van der Waals surface area contributed by atoms with E-state index in [0.717, 1.165) is 51.7 Å². The number of hydrogen-bond donors (Lipinski definition) is 2. The fourth-order valence-electron chi connectivity index (χ4n) is 2.80. The SMILES string of the molecule is CN=C(NCCCOCC1CCOCC1)NCCc1ccc(F)cc1F. The molecule has 0 radical (unpaired) electrons. The van der Waals surface area contributed by atoms with Gasteiger partial charge in [-0.05, 0) is 43.2 Å². The van der Waals surface area contributed by atoms with Crippen molar-refractivity contribution in [3.8, 4) is 0 Å². The first kappa shape index (κ1) is 20.6. The van der Waals surface area contributed by atoms with E-state index in [1.807, 2.05) is 0 Å². The number of ether oxygens (including phenoxy) is 2. The molecule has 0 amide bonds. The number of halogens is 2. The second-order valence-electron chi connectivity index (χ2n) is 6.40. The minimum Gasteiger partial charge on any atom is -0.381 e. The molecule has 0 aliphatic carbocycles. The maximum Gasteiger partial charge on any atom is 0.190 e. The van der Waals surface area contributed by atoms with Crippen molar-refractivity contribution in [3.05, 3.63) is 35.4 Å². The van der Waals surface area contributed by atoms with Gasteiger partial charge in [-0.25, -0.2) is 8.78 Å². The molecule has 0 unspecified atom stereocenters. The summed E-state index contributed by atoms with van der Waals surface area (Å²) in [5, 5.41) is 6.33. The third-order valence-corrected chi connectivity index (χ3v) is 4.38. The molecule has 1 heterocycles. The maximum atomic E-state index is 13.6. The van der Waals surface area contributed by atoms with E-state index >= 15 is 0 Å². The molecule has 1 saturated heterocycles. The molecule has 2 N–H and O–H groups in total. The number of hydrogen-bond acceptors (Lipinski definition) is 3. The van der Waals surface area contributed by atoms with E-state index in [-0.39, 0.29) is 0 Å². The highest BCUT2D eigenvalue weighted by molar-refractivity contribution is 5.79. The van der Waals surface area contributed by atoms with Gasteiger partial charge in [-0.1, -0.05) is 6.07 Å². The van der Waals surface area contributed by atoms with Gasteiger partial charge in [0.1, 0.15) is 11.6 Å². The van der Waals surface area contributed by atoms with Crippen molar-refractivity contribution in [2.75, 3.05) is 46.6 Å². The first-order chi connectivity index (χ1) is 12.7. The van der Waals surface area contributed by atoms with Crippen LogP contribution in [0, 0.1) is 17.6 Å². The quantitative estimate of drug-likeness (QED) is 0.399. The van der Waals surface area contributed by atoms with Gasteiger partial charge >= 0.3 is 0 Å². The average molecular weight is 369 g/mol. The Morgan fingerprint density at radius 2 is 2.00 bits per heavy atom. The molecule has 0 aromatic heterocycles. The summed E-state index contributed by atoms with van der Waals surface area (Å²) in [5.74, 6) is 0.210. The largest absolute Gasteiger partial charge is 0.381 e. The zero-order valence-electron chi connectivity index (χ0n) is 15.4. The second kappa shape index (κ2) is 11.8. The van der Waals surface area contributed by atoms with E-state index in [2.05, 4.69) is 15.6 Å². The second-order valence-corrected chi connectivity index (χ2v) is 6.40. The van der Waals surface area contributed by atoms with Gasteiger partial charge in [0.05, 0.1) is 0 Å². The third-order valence-electron chi connectivity index (χ3n) is 4.38. The average Bonchev–Trinajstić information content (AvgIpc) is 2.65. The van der Waals surface area contributed by atoms with Crippen molar-refractivity contribution >= 4 is 5.96 Å². The summed E-state index contributed by atoms with van der Waals surface area (Å²) in [6, 6.07) is 3.65. The topological polar surface area (TPSA) is 54.9 Å². The summed E-state index contributed by atoms with van der Waals surface area (Å²) in [4.78, 5) is 4.13. The number of rotatable bonds is 9. The molecule has 0 spiro atoms. The van der Waals surface area contributed by atoms with E-state index in [9.17, 15) is 8.78 Å². The van der Waals surface area contributed by atoms with Crippen LogP contribution in [0.5, 0.6) is 0 Å². The van der Waals surface area contributed by atoms with Crippen molar-refractivity contribution in [1.29, 1.82) is 0 Å². The van der Waals surface area contributed by atoms with Gasteiger partial charge in [-0.2, -0.15) is 0 Å². The molecule has 0 saturated carbocycles. The predicted molar refractivity (Wildman–Crippen MR) is 98.4 cm³/mol. The molecule has 1 aliphatic rings. The number of aliphatic imine (C=N–C) groups is 1. The Hall–Kier alpha value is -1.73. The van der Waals surface area contributed by atoms with Crippen molar-refractivity contribution in [2.45, 2.75) is 25.7 Å². The zero-order valence-corrected chi connectivity index (χ0v) is 15.4. The van der Waals surface area contributed by atoms with Crippen molar-refractivity contribution in [1.82, 2.24) is 10.6 Å². The molecule has 1 fully saturated rings. The van der Waals surface area contributed by atoms with Gasteiger partial charge in [0.25, 0.3) is 0 Å². The molecule has 1 aromatic rings. The number of benzene rings is 1. The molecule has 2 rings (SSSR count). The van der Waals surface area contributed by atoms with Crippen LogP contribution in [0.15, 0.2) is 23.2 Å². The zero-order chi connectivity index (χ0) is 18.6. The van der Waals surface area contributed by atoms with Crippen LogP contribution in [0.1, 0.15) is 24.8 Å². The fourth-order valence-corrected chi connectivity index (χ4v) is 2.80. The van der Waals surface area contributed by atoms with Crippen LogP contribution in [0.25, 0.3) is 0 Å². The molecular formula is C19H29F2N3O2. The van der Waals surface area contributed by atoms with Gasteiger partial charge in [-0.15, -0.1) is 0 Å². The Kier molecular flexibility index (Phi) is 9.34. The lowest BCUT2D eigenvalue weighted by Gasteiger charge is -2.21. The monoisotopic (exact) mass is 369 g/mol. The number of guanidine groups is 1. The van der Waals surface area contributed by atoms with Crippen LogP contribution in [0.4, 0.5) is 8.78 Å². The number of nitrogens with one attached hydrogen (secondary N) is 2. The number of nitrogens with zero attached hydrogens (tertiary/aromatic N) is 1. The molecule has 1 aromatic carbocycles. The van der Waals surface area contributed by atoms with Gasteiger partial charge < -0.3 is 20.1 Å².